The number of aliphatic hydroxyl groups is 4. The van der Waals surface area contributed by atoms with E-state index in [4.69, 9.17) is 21.8 Å². The van der Waals surface area contributed by atoms with Gasteiger partial charge in [0.1, 0.15) is 18.3 Å². The number of hydrogen-bond donors (Lipinski definition) is 4. The van der Waals surface area contributed by atoms with E-state index in [2.05, 4.69) is 0 Å². The monoisotopic (exact) mass is 165 g/mol. The molecule has 0 aliphatic rings. The second kappa shape index (κ2) is 4.40. The molecule has 0 saturated carbocycles. The number of aliphatic hydroxyl groups excluding tert-OH is 3. The number of carbonyl (C=O) groups excluding carboxylic acids is 1. The Morgan fingerprint density at radius 3 is 2.09 bits per heavy atom. The maximum Gasteiger partial charge on any atom is 0.151 e. The van der Waals surface area contributed by atoms with Crippen LogP contribution < -0.4 is 0 Å². The van der Waals surface area contributed by atoms with Crippen LogP contribution in [-0.4, -0.2) is 51.1 Å². The summed E-state index contributed by atoms with van der Waals surface area (Å²) in [7, 11) is 0. The van der Waals surface area contributed by atoms with Crippen molar-refractivity contribution >= 4 is 6.29 Å². The first kappa shape index (κ1) is 8.61. The summed E-state index contributed by atoms with van der Waals surface area (Å²) in [6.07, 6.45) is -8.18. The van der Waals surface area contributed by atoms with Crippen LogP contribution in [0.1, 0.15) is 8.29 Å². The molecule has 4 atom stereocenters. The van der Waals surface area contributed by atoms with Crippen LogP contribution in [0, 0.1) is 0 Å². The van der Waals surface area contributed by atoms with Gasteiger partial charge in [-0.25, -0.2) is 0 Å². The number of hydrogen-bond acceptors (Lipinski definition) is 5. The first-order chi connectivity index (χ1) is 5.34. The van der Waals surface area contributed by atoms with Crippen LogP contribution in [0.25, 0.3) is 0 Å². The largest absolute Gasteiger partial charge is 0.391 e. The summed E-state index contributed by atoms with van der Waals surface area (Å²) >= 11 is 0. The van der Waals surface area contributed by atoms with Gasteiger partial charge < -0.3 is 25.2 Å². The average Bonchev–Trinajstić information content (AvgIpc) is 2.01. The third-order valence-corrected chi connectivity index (χ3v) is 1.19. The molecule has 0 rings (SSSR count). The van der Waals surface area contributed by atoms with Crippen LogP contribution in [-0.2, 0) is 4.79 Å². The van der Waals surface area contributed by atoms with Gasteiger partial charge in [-0.1, -0.05) is 0 Å². The summed E-state index contributed by atoms with van der Waals surface area (Å²) in [5.41, 5.74) is 0. The molecule has 0 heterocycles. The molecular weight excluding hydrogens is 152 g/mol. The molecule has 0 unspecified atom stereocenters. The topological polar surface area (TPSA) is 98.0 Å². The molecule has 0 aromatic rings. The van der Waals surface area contributed by atoms with Gasteiger partial charge in [0.05, 0.1) is 7.47 Å². The minimum Gasteiger partial charge on any atom is -0.391 e. The number of rotatable bonds is 4. The summed E-state index contributed by atoms with van der Waals surface area (Å²) in [6.45, 7) is 1.13. The molecule has 0 amide bonds. The zero-order valence-corrected chi connectivity index (χ0v) is 6.01. The fourth-order valence-electron chi connectivity index (χ4n) is 0.492. The highest BCUT2D eigenvalue weighted by molar-refractivity contribution is 5.56. The predicted molar refractivity (Wildman–Crippen MR) is 35.8 cm³/mol. The minimum atomic E-state index is -2.77. The molecule has 0 radical (unpaired) electrons. The smallest absolute Gasteiger partial charge is 0.151 e. The Morgan fingerprint density at radius 2 is 1.82 bits per heavy atom. The van der Waals surface area contributed by atoms with E-state index in [1.165, 1.54) is 0 Å². The summed E-state index contributed by atoms with van der Waals surface area (Å²) in [5, 5.41) is 35.4. The molecule has 4 N–H and O–H groups in total. The third-order valence-electron chi connectivity index (χ3n) is 1.19. The average molecular weight is 165 g/mol. The quantitative estimate of drug-likeness (QED) is 0.350. The van der Waals surface area contributed by atoms with Crippen molar-refractivity contribution in [3.05, 3.63) is 0 Å². The zero-order chi connectivity index (χ0) is 9.94. The fourth-order valence-corrected chi connectivity index (χ4v) is 0.492. The fraction of sp³-hybridized carbons (Fsp3) is 0.833. The van der Waals surface area contributed by atoms with E-state index in [0.717, 1.165) is 6.92 Å². The lowest BCUT2D eigenvalue weighted by Crippen LogP contribution is -2.43. The first-order valence-electron chi connectivity index (χ1n) is 3.56. The van der Waals surface area contributed by atoms with Crippen molar-refractivity contribution < 1.29 is 26.6 Å². The lowest BCUT2D eigenvalue weighted by molar-refractivity contribution is -0.132. The Bertz CT molecular complexity index is 158. The highest BCUT2D eigenvalue weighted by Crippen LogP contribution is 2.02. The van der Waals surface area contributed by atoms with Gasteiger partial charge in [0.15, 0.2) is 6.29 Å². The maximum atomic E-state index is 9.96. The van der Waals surface area contributed by atoms with Gasteiger partial charge >= 0.3 is 0 Å². The van der Waals surface area contributed by atoms with E-state index < -0.39 is 24.4 Å². The van der Waals surface area contributed by atoms with Crippen LogP contribution >= 0.6 is 0 Å². The predicted octanol–water partition coefficient (Wildman–Crippen LogP) is -2.35. The SMILES string of the molecule is [2H][C@](O)([C@@H](O)C=O)[C@@H](O)[C@H](C)O. The van der Waals surface area contributed by atoms with E-state index in [-0.39, 0.29) is 6.29 Å². The molecule has 0 bridgehead atoms. The molecule has 5 nitrogen and oxygen atoms in total. The molecule has 0 fully saturated rings. The number of carbonyl (C=O) groups is 1. The van der Waals surface area contributed by atoms with Crippen LogP contribution in [0.3, 0.4) is 0 Å². The Morgan fingerprint density at radius 1 is 1.36 bits per heavy atom. The van der Waals surface area contributed by atoms with Crippen LogP contribution in [0.2, 0.25) is 0 Å². The lowest BCUT2D eigenvalue weighted by Gasteiger charge is -2.21. The third kappa shape index (κ3) is 2.94. The van der Waals surface area contributed by atoms with E-state index in [1.54, 1.807) is 0 Å². The maximum absolute atomic E-state index is 9.96. The molecule has 0 aromatic carbocycles. The van der Waals surface area contributed by atoms with Crippen molar-refractivity contribution in [2.24, 2.45) is 0 Å². The summed E-state index contributed by atoms with van der Waals surface area (Å²) in [4.78, 5) is 9.96. The molecule has 11 heavy (non-hydrogen) atoms. The van der Waals surface area contributed by atoms with Crippen molar-refractivity contribution in [1.29, 1.82) is 0 Å². The van der Waals surface area contributed by atoms with Crippen molar-refractivity contribution in [3.63, 3.8) is 0 Å². The molecule has 5 heteroatoms. The standard InChI is InChI=1S/C6H12O5/c1-3(8)5(10)6(11)4(9)2-7/h2-6,8-11H,1H3/t3-,4-,5-,6-/m0/s1/i6D. The van der Waals surface area contributed by atoms with Gasteiger partial charge in [-0.15, -0.1) is 0 Å². The molecular formula is C6H12O5. The Kier molecular flexibility index (Phi) is 3.44. The van der Waals surface area contributed by atoms with Crippen LogP contribution in [0.5, 0.6) is 0 Å². The second-order valence-corrected chi connectivity index (χ2v) is 2.19. The molecule has 0 spiro atoms. The van der Waals surface area contributed by atoms with Gasteiger partial charge in [-0.2, -0.15) is 0 Å². The van der Waals surface area contributed by atoms with Crippen molar-refractivity contribution in [2.75, 3.05) is 0 Å². The molecule has 66 valence electrons. The highest BCUT2D eigenvalue weighted by atomic mass is 16.4. The van der Waals surface area contributed by atoms with Crippen molar-refractivity contribution in [1.82, 2.24) is 0 Å². The van der Waals surface area contributed by atoms with Gasteiger partial charge in [0, 0.05) is 0 Å². The molecule has 0 saturated heterocycles. The second-order valence-electron chi connectivity index (χ2n) is 2.19. The summed E-state index contributed by atoms with van der Waals surface area (Å²) in [6, 6.07) is 0. The van der Waals surface area contributed by atoms with Crippen molar-refractivity contribution in [3.8, 4) is 0 Å². The van der Waals surface area contributed by atoms with E-state index >= 15 is 0 Å². The number of aldehydes is 1. The molecule has 0 aliphatic heterocycles. The summed E-state index contributed by atoms with van der Waals surface area (Å²) in [5.74, 6) is 0. The molecule has 0 aliphatic carbocycles. The normalized spacial score (nSPS) is 26.1. The molecule has 0 aromatic heterocycles. The van der Waals surface area contributed by atoms with Crippen LogP contribution in [0.15, 0.2) is 0 Å². The zero-order valence-electron chi connectivity index (χ0n) is 7.01. The van der Waals surface area contributed by atoms with Gasteiger partial charge in [-0.05, 0) is 6.92 Å². The lowest BCUT2D eigenvalue weighted by atomic mass is 10.1. The summed E-state index contributed by atoms with van der Waals surface area (Å²) < 4.78 is 6.93. The van der Waals surface area contributed by atoms with Crippen molar-refractivity contribution in [2.45, 2.75) is 31.3 Å². The van der Waals surface area contributed by atoms with E-state index in [1.807, 2.05) is 0 Å². The van der Waals surface area contributed by atoms with Crippen LogP contribution in [0.4, 0.5) is 0 Å². The Balaban J connectivity index is 4.47. The van der Waals surface area contributed by atoms with E-state index in [9.17, 15) is 4.79 Å². The van der Waals surface area contributed by atoms with Gasteiger partial charge in [0.2, 0.25) is 0 Å². The Labute approximate surface area is 65.3 Å². The first-order valence-corrected chi connectivity index (χ1v) is 3.06. The Hall–Kier alpha value is -0.490. The van der Waals surface area contributed by atoms with Gasteiger partial charge in [-0.3, -0.25) is 0 Å². The van der Waals surface area contributed by atoms with Gasteiger partial charge in [0.25, 0.3) is 0 Å². The minimum absolute atomic E-state index is 0.0847. The van der Waals surface area contributed by atoms with E-state index in [0.29, 0.717) is 0 Å². The highest BCUT2D eigenvalue weighted by Gasteiger charge is 2.27.